The predicted octanol–water partition coefficient (Wildman–Crippen LogP) is 4.83. The normalized spacial score (nSPS) is 14.2. The molecule has 0 saturated carbocycles. The summed E-state index contributed by atoms with van der Waals surface area (Å²) >= 11 is 0. The molecule has 0 aliphatic carbocycles. The van der Waals surface area contributed by atoms with Gasteiger partial charge in [-0.3, -0.25) is 4.79 Å². The SMILES string of the molecule is CCC(=Cc1ccc(C(C)C(=O)OC)cc1)C(O)C=Cc1ccccc1. The first kappa shape index (κ1) is 19.7. The number of ether oxygens (including phenoxy) is 1. The second kappa shape index (κ2) is 9.73. The molecule has 2 atom stereocenters. The van der Waals surface area contributed by atoms with Gasteiger partial charge in [0.05, 0.1) is 19.1 Å². The van der Waals surface area contributed by atoms with E-state index in [9.17, 15) is 9.90 Å². The van der Waals surface area contributed by atoms with Crippen molar-refractivity contribution < 1.29 is 14.6 Å². The summed E-state index contributed by atoms with van der Waals surface area (Å²) in [5, 5.41) is 10.5. The standard InChI is InChI=1S/C23H26O3/c1-4-20(22(24)15-12-18-8-6-5-7-9-18)16-19-10-13-21(14-11-19)17(2)23(25)26-3/h5-17,22,24H,4H2,1-3H3. The smallest absolute Gasteiger partial charge is 0.312 e. The lowest BCUT2D eigenvalue weighted by Gasteiger charge is -2.11. The van der Waals surface area contributed by atoms with Crippen molar-refractivity contribution >= 4 is 18.1 Å². The molecule has 1 N–H and O–H groups in total. The fourth-order valence-electron chi connectivity index (χ4n) is 2.69. The van der Waals surface area contributed by atoms with Gasteiger partial charge in [0.25, 0.3) is 0 Å². The van der Waals surface area contributed by atoms with E-state index in [1.165, 1.54) is 7.11 Å². The molecule has 136 valence electrons. The molecular weight excluding hydrogens is 324 g/mol. The fourth-order valence-corrected chi connectivity index (χ4v) is 2.69. The van der Waals surface area contributed by atoms with E-state index in [1.54, 1.807) is 6.08 Å². The van der Waals surface area contributed by atoms with Gasteiger partial charge in [0.2, 0.25) is 0 Å². The molecule has 0 amide bonds. The van der Waals surface area contributed by atoms with E-state index in [1.807, 2.05) is 80.6 Å². The van der Waals surface area contributed by atoms with Gasteiger partial charge in [0.1, 0.15) is 0 Å². The van der Waals surface area contributed by atoms with Crippen LogP contribution in [0.5, 0.6) is 0 Å². The summed E-state index contributed by atoms with van der Waals surface area (Å²) in [7, 11) is 1.40. The molecule has 0 spiro atoms. The van der Waals surface area contributed by atoms with E-state index < -0.39 is 6.10 Å². The maximum absolute atomic E-state index is 11.6. The Balaban J connectivity index is 2.12. The van der Waals surface area contributed by atoms with Crippen molar-refractivity contribution in [2.24, 2.45) is 0 Å². The first-order chi connectivity index (χ1) is 12.5. The molecule has 0 radical (unpaired) electrons. The third-order valence-electron chi connectivity index (χ3n) is 4.40. The van der Waals surface area contributed by atoms with Crippen LogP contribution in [-0.2, 0) is 9.53 Å². The molecule has 0 bridgehead atoms. The largest absolute Gasteiger partial charge is 0.469 e. The maximum Gasteiger partial charge on any atom is 0.312 e. The third-order valence-corrected chi connectivity index (χ3v) is 4.40. The first-order valence-electron chi connectivity index (χ1n) is 8.84. The van der Waals surface area contributed by atoms with Crippen molar-refractivity contribution in [3.8, 4) is 0 Å². The zero-order valence-electron chi connectivity index (χ0n) is 15.6. The molecule has 2 unspecified atom stereocenters. The van der Waals surface area contributed by atoms with E-state index in [0.29, 0.717) is 0 Å². The van der Waals surface area contributed by atoms with Gasteiger partial charge in [0.15, 0.2) is 0 Å². The quantitative estimate of drug-likeness (QED) is 0.728. The number of hydrogen-bond acceptors (Lipinski definition) is 3. The Morgan fingerprint density at radius 3 is 2.31 bits per heavy atom. The Hall–Kier alpha value is -2.65. The highest BCUT2D eigenvalue weighted by Gasteiger charge is 2.15. The van der Waals surface area contributed by atoms with Crippen LogP contribution >= 0.6 is 0 Å². The summed E-state index contributed by atoms with van der Waals surface area (Å²) in [5.41, 5.74) is 3.90. The molecule has 26 heavy (non-hydrogen) atoms. The van der Waals surface area contributed by atoms with Crippen molar-refractivity contribution in [2.75, 3.05) is 7.11 Å². The van der Waals surface area contributed by atoms with Crippen LogP contribution in [0.3, 0.4) is 0 Å². The zero-order chi connectivity index (χ0) is 18.9. The molecule has 0 aliphatic rings. The van der Waals surface area contributed by atoms with E-state index in [0.717, 1.165) is 28.7 Å². The van der Waals surface area contributed by atoms with Gasteiger partial charge in [-0.15, -0.1) is 0 Å². The number of aliphatic hydroxyl groups excluding tert-OH is 1. The highest BCUT2D eigenvalue weighted by molar-refractivity contribution is 5.77. The van der Waals surface area contributed by atoms with Gasteiger partial charge in [-0.1, -0.05) is 79.7 Å². The van der Waals surface area contributed by atoms with Crippen LogP contribution in [0.15, 0.2) is 66.2 Å². The molecule has 2 aromatic rings. The minimum absolute atomic E-state index is 0.246. The van der Waals surface area contributed by atoms with Gasteiger partial charge in [-0.2, -0.15) is 0 Å². The summed E-state index contributed by atoms with van der Waals surface area (Å²) in [6.07, 6.45) is 5.84. The molecule has 3 nitrogen and oxygen atoms in total. The van der Waals surface area contributed by atoms with Crippen molar-refractivity contribution in [2.45, 2.75) is 32.3 Å². The number of benzene rings is 2. The molecular formula is C23H26O3. The topological polar surface area (TPSA) is 46.5 Å². The van der Waals surface area contributed by atoms with Gasteiger partial charge >= 0.3 is 5.97 Å². The van der Waals surface area contributed by atoms with E-state index >= 15 is 0 Å². The average molecular weight is 350 g/mol. The lowest BCUT2D eigenvalue weighted by Crippen LogP contribution is -2.10. The highest BCUT2D eigenvalue weighted by atomic mass is 16.5. The van der Waals surface area contributed by atoms with Gasteiger partial charge in [0, 0.05) is 0 Å². The molecule has 0 fully saturated rings. The Morgan fingerprint density at radius 2 is 1.73 bits per heavy atom. The van der Waals surface area contributed by atoms with Crippen LogP contribution in [0.25, 0.3) is 12.2 Å². The Labute approximate surface area is 155 Å². The third kappa shape index (κ3) is 5.43. The number of carbonyl (C=O) groups excluding carboxylic acids is 1. The molecule has 0 aromatic heterocycles. The molecule has 0 saturated heterocycles. The van der Waals surface area contributed by atoms with Crippen molar-refractivity contribution in [1.29, 1.82) is 0 Å². The lowest BCUT2D eigenvalue weighted by atomic mass is 9.98. The summed E-state index contributed by atoms with van der Waals surface area (Å²) in [5.74, 6) is -0.535. The number of aliphatic hydroxyl groups is 1. The summed E-state index contributed by atoms with van der Waals surface area (Å²) in [6, 6.07) is 17.7. The first-order valence-corrected chi connectivity index (χ1v) is 8.84. The fraction of sp³-hybridized carbons (Fsp3) is 0.261. The predicted molar refractivity (Wildman–Crippen MR) is 107 cm³/mol. The summed E-state index contributed by atoms with van der Waals surface area (Å²) in [4.78, 5) is 11.6. The molecule has 2 aromatic carbocycles. The highest BCUT2D eigenvalue weighted by Crippen LogP contribution is 2.20. The molecule has 2 rings (SSSR count). The number of hydrogen-bond donors (Lipinski definition) is 1. The zero-order valence-corrected chi connectivity index (χ0v) is 15.6. The molecule has 3 heteroatoms. The Morgan fingerprint density at radius 1 is 1.08 bits per heavy atom. The number of rotatable bonds is 7. The molecule has 0 aliphatic heterocycles. The van der Waals surface area contributed by atoms with Crippen molar-refractivity contribution in [1.82, 2.24) is 0 Å². The van der Waals surface area contributed by atoms with Crippen LogP contribution in [0.4, 0.5) is 0 Å². The van der Waals surface area contributed by atoms with Crippen LogP contribution in [0, 0.1) is 0 Å². The second-order valence-corrected chi connectivity index (χ2v) is 6.20. The number of esters is 1. The molecule has 0 heterocycles. The summed E-state index contributed by atoms with van der Waals surface area (Å²) in [6.45, 7) is 3.85. The van der Waals surface area contributed by atoms with E-state index in [4.69, 9.17) is 4.74 Å². The van der Waals surface area contributed by atoms with Crippen LogP contribution in [0.2, 0.25) is 0 Å². The van der Waals surface area contributed by atoms with Gasteiger partial charge in [-0.25, -0.2) is 0 Å². The maximum atomic E-state index is 11.6. The van der Waals surface area contributed by atoms with E-state index in [-0.39, 0.29) is 11.9 Å². The number of carbonyl (C=O) groups is 1. The Bertz CT molecular complexity index is 758. The minimum atomic E-state index is -0.631. The van der Waals surface area contributed by atoms with Crippen LogP contribution in [-0.4, -0.2) is 24.3 Å². The number of methoxy groups -OCH3 is 1. The van der Waals surface area contributed by atoms with Crippen LogP contribution in [0.1, 0.15) is 42.9 Å². The summed E-state index contributed by atoms with van der Waals surface area (Å²) < 4.78 is 4.78. The average Bonchev–Trinajstić information content (AvgIpc) is 2.70. The second-order valence-electron chi connectivity index (χ2n) is 6.20. The van der Waals surface area contributed by atoms with Crippen molar-refractivity contribution in [3.63, 3.8) is 0 Å². The van der Waals surface area contributed by atoms with Gasteiger partial charge in [-0.05, 0) is 35.6 Å². The van der Waals surface area contributed by atoms with Crippen LogP contribution < -0.4 is 0 Å². The van der Waals surface area contributed by atoms with E-state index in [2.05, 4.69) is 0 Å². The Kier molecular flexibility index (Phi) is 7.37. The monoisotopic (exact) mass is 350 g/mol. The van der Waals surface area contributed by atoms with Crippen molar-refractivity contribution in [3.05, 3.63) is 82.9 Å². The lowest BCUT2D eigenvalue weighted by molar-refractivity contribution is -0.141. The van der Waals surface area contributed by atoms with Gasteiger partial charge < -0.3 is 9.84 Å². The minimum Gasteiger partial charge on any atom is -0.469 e.